The van der Waals surface area contributed by atoms with Crippen molar-refractivity contribution >= 4 is 27.4 Å². The first-order valence-corrected chi connectivity index (χ1v) is 4.88. The maximum Gasteiger partial charge on any atom is 1.00 e. The molecule has 16 heavy (non-hydrogen) atoms. The Morgan fingerprint density at radius 3 is 2.62 bits per heavy atom. The molecule has 0 atom stereocenters. The molecule has 1 aromatic heterocycles. The number of phenols is 1. The van der Waals surface area contributed by atoms with Crippen LogP contribution >= 0.6 is 11.3 Å². The number of aromatic hydroxyl groups is 1. The summed E-state index contributed by atoms with van der Waals surface area (Å²) in [4.78, 5) is 21.9. The molecule has 1 heterocycles. The fourth-order valence-corrected chi connectivity index (χ4v) is 2.14. The van der Waals surface area contributed by atoms with E-state index in [4.69, 9.17) is 0 Å². The molecule has 0 unspecified atom stereocenters. The molecule has 0 saturated carbocycles. The minimum Gasteiger partial charge on any atom is -0.544 e. The molecule has 4 nitrogen and oxygen atoms in total. The topological polar surface area (TPSA) is 77.4 Å². The van der Waals surface area contributed by atoms with E-state index in [9.17, 15) is 19.8 Å². The molecule has 0 spiro atoms. The van der Waals surface area contributed by atoms with Crippen LogP contribution in [-0.2, 0) is 0 Å². The van der Waals surface area contributed by atoms with Crippen molar-refractivity contribution in [3.8, 4) is 5.75 Å². The Morgan fingerprint density at radius 2 is 2.00 bits per heavy atom. The zero-order valence-corrected chi connectivity index (χ0v) is 11.2. The molecule has 0 saturated heterocycles. The molecule has 0 bridgehead atoms. The van der Waals surface area contributed by atoms with Crippen LogP contribution in [0, 0.1) is 0 Å². The van der Waals surface area contributed by atoms with E-state index in [1.165, 1.54) is 18.2 Å². The van der Waals surface area contributed by atoms with Gasteiger partial charge in [0.1, 0.15) is 5.75 Å². The van der Waals surface area contributed by atoms with Crippen molar-refractivity contribution in [3.05, 3.63) is 39.4 Å². The van der Waals surface area contributed by atoms with Gasteiger partial charge in [-0.3, -0.25) is 4.79 Å². The molecule has 0 aliphatic carbocycles. The van der Waals surface area contributed by atoms with Gasteiger partial charge in [0.2, 0.25) is 0 Å². The molecule has 0 fully saturated rings. The molecular formula is C10H5NaO4S. The Balaban J connectivity index is 0.00000128. The van der Waals surface area contributed by atoms with Crippen LogP contribution in [0.2, 0.25) is 0 Å². The summed E-state index contributed by atoms with van der Waals surface area (Å²) in [5, 5.41) is 20.1. The summed E-state index contributed by atoms with van der Waals surface area (Å²) in [5.41, 5.74) is -0.432. The summed E-state index contributed by atoms with van der Waals surface area (Å²) in [5.74, 6) is -1.39. The number of benzene rings is 1. The average Bonchev–Trinajstić information content (AvgIpc) is 2.18. The SMILES string of the molecule is O=C([O-])c1cc(=O)c2cc(O)ccc2s1.[Na+]. The van der Waals surface area contributed by atoms with Crippen LogP contribution < -0.4 is 40.1 Å². The molecule has 76 valence electrons. The maximum atomic E-state index is 11.5. The largest absolute Gasteiger partial charge is 1.00 e. The van der Waals surface area contributed by atoms with Crippen LogP contribution in [0.15, 0.2) is 29.1 Å². The van der Waals surface area contributed by atoms with Crippen molar-refractivity contribution in [2.75, 3.05) is 0 Å². The number of carbonyl (C=O) groups excluding carboxylic acids is 1. The Kier molecular flexibility index (Phi) is 4.09. The number of carboxylic acid groups (broad SMARTS) is 1. The summed E-state index contributed by atoms with van der Waals surface area (Å²) in [7, 11) is 0. The third-order valence-corrected chi connectivity index (χ3v) is 2.99. The van der Waals surface area contributed by atoms with Gasteiger partial charge in [-0.25, -0.2) is 0 Å². The summed E-state index contributed by atoms with van der Waals surface area (Å²) in [6.07, 6.45) is 0. The van der Waals surface area contributed by atoms with Crippen LogP contribution in [0.25, 0.3) is 10.1 Å². The molecule has 1 aromatic carbocycles. The van der Waals surface area contributed by atoms with Crippen molar-refractivity contribution in [2.45, 2.75) is 0 Å². The van der Waals surface area contributed by atoms with Gasteiger partial charge >= 0.3 is 29.6 Å². The van der Waals surface area contributed by atoms with Crippen LogP contribution in [0.5, 0.6) is 5.75 Å². The number of carboxylic acids is 1. The van der Waals surface area contributed by atoms with Crippen molar-refractivity contribution < 1.29 is 44.6 Å². The number of rotatable bonds is 1. The molecule has 2 rings (SSSR count). The van der Waals surface area contributed by atoms with E-state index in [-0.39, 0.29) is 40.2 Å². The normalized spacial score (nSPS) is 9.75. The van der Waals surface area contributed by atoms with Crippen molar-refractivity contribution in [1.29, 1.82) is 0 Å². The van der Waals surface area contributed by atoms with Crippen LogP contribution in [0.4, 0.5) is 0 Å². The zero-order valence-electron chi connectivity index (χ0n) is 8.39. The number of fused-ring (bicyclic) bond motifs is 1. The molecule has 2 aromatic rings. The second-order valence-electron chi connectivity index (χ2n) is 2.94. The average molecular weight is 244 g/mol. The molecule has 0 amide bonds. The summed E-state index contributed by atoms with van der Waals surface area (Å²) in [6, 6.07) is 5.22. The maximum absolute atomic E-state index is 11.5. The third-order valence-electron chi connectivity index (χ3n) is 1.91. The van der Waals surface area contributed by atoms with Crippen molar-refractivity contribution in [1.82, 2.24) is 0 Å². The summed E-state index contributed by atoms with van der Waals surface area (Å²) < 4.78 is 0.513. The van der Waals surface area contributed by atoms with Gasteiger partial charge < -0.3 is 15.0 Å². The molecule has 0 aliphatic heterocycles. The third kappa shape index (κ3) is 2.44. The first-order chi connectivity index (χ1) is 7.08. The van der Waals surface area contributed by atoms with E-state index in [0.29, 0.717) is 10.1 Å². The second kappa shape index (κ2) is 4.97. The molecule has 1 N–H and O–H groups in total. The Morgan fingerprint density at radius 1 is 1.31 bits per heavy atom. The van der Waals surface area contributed by atoms with Crippen molar-refractivity contribution in [3.63, 3.8) is 0 Å². The van der Waals surface area contributed by atoms with Gasteiger partial charge in [-0.05, 0) is 18.2 Å². The van der Waals surface area contributed by atoms with Gasteiger partial charge in [-0.1, -0.05) is 0 Å². The van der Waals surface area contributed by atoms with E-state index in [1.54, 1.807) is 0 Å². The Bertz CT molecular complexity index is 605. The van der Waals surface area contributed by atoms with Gasteiger partial charge in [0.15, 0.2) is 5.43 Å². The smallest absolute Gasteiger partial charge is 0.544 e. The van der Waals surface area contributed by atoms with Crippen LogP contribution in [0.1, 0.15) is 9.67 Å². The van der Waals surface area contributed by atoms with E-state index in [2.05, 4.69) is 0 Å². The van der Waals surface area contributed by atoms with Gasteiger partial charge in [0.25, 0.3) is 0 Å². The second-order valence-corrected chi connectivity index (χ2v) is 4.03. The number of hydrogen-bond donors (Lipinski definition) is 1. The predicted molar refractivity (Wildman–Crippen MR) is 54.1 cm³/mol. The minimum atomic E-state index is -1.37. The van der Waals surface area contributed by atoms with Gasteiger partial charge in [-0.15, -0.1) is 11.3 Å². The van der Waals surface area contributed by atoms with Gasteiger partial charge in [-0.2, -0.15) is 0 Å². The predicted octanol–water partition coefficient (Wildman–Crippen LogP) is -2.67. The molecule has 6 heteroatoms. The van der Waals surface area contributed by atoms with Gasteiger partial charge in [0, 0.05) is 16.2 Å². The monoisotopic (exact) mass is 244 g/mol. The standard InChI is InChI=1S/C10H6O4S.Na/c11-5-1-2-8-6(3-5)7(12)4-9(15-8)10(13)14;/h1-4,11H,(H,13,14);/q;+1/p-1. The fraction of sp³-hybridized carbons (Fsp3) is 0. The molecule has 0 radical (unpaired) electrons. The van der Waals surface area contributed by atoms with Gasteiger partial charge in [0.05, 0.1) is 10.8 Å². The van der Waals surface area contributed by atoms with E-state index in [0.717, 1.165) is 17.4 Å². The minimum absolute atomic E-state index is 0. The first-order valence-electron chi connectivity index (χ1n) is 4.06. The van der Waals surface area contributed by atoms with E-state index < -0.39 is 11.4 Å². The van der Waals surface area contributed by atoms with E-state index in [1.807, 2.05) is 0 Å². The summed E-state index contributed by atoms with van der Waals surface area (Å²) >= 11 is 0.945. The molecule has 0 aliphatic rings. The number of hydrogen-bond acceptors (Lipinski definition) is 5. The first kappa shape index (κ1) is 13.2. The van der Waals surface area contributed by atoms with E-state index >= 15 is 0 Å². The number of phenolic OH excluding ortho intramolecular Hbond substituents is 1. The van der Waals surface area contributed by atoms with Crippen LogP contribution in [-0.4, -0.2) is 11.1 Å². The molecular weight excluding hydrogens is 239 g/mol. The Labute approximate surface area is 116 Å². The number of carbonyl (C=O) groups is 1. The quantitative estimate of drug-likeness (QED) is 0.555. The zero-order chi connectivity index (χ0) is 11.0. The van der Waals surface area contributed by atoms with Crippen molar-refractivity contribution in [2.24, 2.45) is 0 Å². The fourth-order valence-electron chi connectivity index (χ4n) is 1.24. The number of aromatic carboxylic acids is 1. The Hall–Kier alpha value is -0.880. The van der Waals surface area contributed by atoms with Crippen LogP contribution in [0.3, 0.4) is 0 Å². The summed E-state index contributed by atoms with van der Waals surface area (Å²) in [6.45, 7) is 0.